The number of aromatic amines is 1. The zero-order chi connectivity index (χ0) is 12.8. The van der Waals surface area contributed by atoms with Crippen molar-refractivity contribution >= 4 is 11.3 Å². The van der Waals surface area contributed by atoms with Crippen LogP contribution in [0.5, 0.6) is 0 Å². The minimum Gasteiger partial charge on any atom is -0.351 e. The number of hydrogen-bond acceptors (Lipinski definition) is 3. The summed E-state index contributed by atoms with van der Waals surface area (Å²) in [6.07, 6.45) is 5.14. The van der Waals surface area contributed by atoms with Gasteiger partial charge in [0.2, 0.25) is 0 Å². The predicted octanol–water partition coefficient (Wildman–Crippen LogP) is 3.17. The minimum absolute atomic E-state index is 0.201. The Labute approximate surface area is 113 Å². The van der Waals surface area contributed by atoms with Crippen molar-refractivity contribution in [1.82, 2.24) is 15.0 Å². The van der Waals surface area contributed by atoms with Gasteiger partial charge in [-0.05, 0) is 17.7 Å². The fourth-order valence-electron chi connectivity index (χ4n) is 2.45. The number of hydrogen-bond donors (Lipinski definition) is 1. The van der Waals surface area contributed by atoms with E-state index in [1.54, 1.807) is 23.7 Å². The largest absolute Gasteiger partial charge is 0.351 e. The molecule has 2 aromatic heterocycles. The van der Waals surface area contributed by atoms with Crippen LogP contribution >= 0.6 is 11.3 Å². The van der Waals surface area contributed by atoms with Gasteiger partial charge in [0.1, 0.15) is 5.82 Å². The topological polar surface area (TPSA) is 41.6 Å². The van der Waals surface area contributed by atoms with Crippen LogP contribution in [0.25, 0.3) is 11.3 Å². The molecule has 0 unspecified atom stereocenters. The number of benzene rings is 1. The molecule has 1 aliphatic rings. The monoisotopic (exact) mass is 271 g/mol. The molecule has 2 heterocycles. The number of nitrogens with zero attached hydrogens (tertiary/aromatic N) is 2. The summed E-state index contributed by atoms with van der Waals surface area (Å²) < 4.78 is 13.3. The van der Waals surface area contributed by atoms with Crippen LogP contribution in [0.15, 0.2) is 30.7 Å². The molecule has 19 heavy (non-hydrogen) atoms. The number of thiazole rings is 1. The molecule has 3 nitrogen and oxygen atoms in total. The average molecular weight is 271 g/mol. The van der Waals surface area contributed by atoms with Crippen LogP contribution in [0.2, 0.25) is 0 Å². The fourth-order valence-corrected chi connectivity index (χ4v) is 3.57. The summed E-state index contributed by atoms with van der Waals surface area (Å²) in [6.45, 7) is 0. The number of H-pyrrole nitrogens is 1. The van der Waals surface area contributed by atoms with Gasteiger partial charge in [-0.1, -0.05) is 6.07 Å². The molecule has 0 spiro atoms. The zero-order valence-electron chi connectivity index (χ0n) is 9.98. The van der Waals surface area contributed by atoms with Gasteiger partial charge in [-0.3, -0.25) is 0 Å². The summed E-state index contributed by atoms with van der Waals surface area (Å²) in [5, 5.41) is 1.03. The Balaban J connectivity index is 1.73. The maximum absolute atomic E-state index is 13.3. The molecule has 0 radical (unpaired) electrons. The van der Waals surface area contributed by atoms with Gasteiger partial charge in [0.05, 0.1) is 22.7 Å². The Morgan fingerprint density at radius 3 is 3.16 bits per heavy atom. The van der Waals surface area contributed by atoms with Crippen molar-refractivity contribution in [3.05, 3.63) is 57.7 Å². The van der Waals surface area contributed by atoms with Gasteiger partial charge in [0.25, 0.3) is 0 Å². The maximum Gasteiger partial charge on any atom is 0.123 e. The number of halogens is 1. The third-order valence-electron chi connectivity index (χ3n) is 3.31. The molecule has 1 N–H and O–H groups in total. The summed E-state index contributed by atoms with van der Waals surface area (Å²) in [6, 6.07) is 4.95. The zero-order valence-corrected chi connectivity index (χ0v) is 10.8. The SMILES string of the molecule is Fc1ccc2c(c1)-c1nc(Cc3c[nH]cn3)sc1C2. The van der Waals surface area contributed by atoms with Crippen LogP contribution in [0.1, 0.15) is 21.1 Å². The third kappa shape index (κ3) is 1.77. The highest BCUT2D eigenvalue weighted by Crippen LogP contribution is 2.39. The van der Waals surface area contributed by atoms with E-state index in [2.05, 4.69) is 15.0 Å². The van der Waals surface area contributed by atoms with Crippen molar-refractivity contribution in [2.75, 3.05) is 0 Å². The second-order valence-electron chi connectivity index (χ2n) is 4.59. The normalized spacial score (nSPS) is 12.5. The Hall–Kier alpha value is -2.01. The first-order valence-electron chi connectivity index (χ1n) is 6.04. The van der Waals surface area contributed by atoms with Crippen molar-refractivity contribution in [3.63, 3.8) is 0 Å². The van der Waals surface area contributed by atoms with Crippen LogP contribution in [0.3, 0.4) is 0 Å². The third-order valence-corrected chi connectivity index (χ3v) is 4.36. The standard InChI is InChI=1S/C14H10FN3S/c15-9-2-1-8-3-12-14(11(8)4-9)18-13(19-12)5-10-6-16-7-17-10/h1-2,4,6-7H,3,5H2,(H,16,17). The Morgan fingerprint density at radius 1 is 1.37 bits per heavy atom. The van der Waals surface area contributed by atoms with Gasteiger partial charge in [0, 0.05) is 29.5 Å². The molecule has 1 aromatic carbocycles. The van der Waals surface area contributed by atoms with E-state index in [-0.39, 0.29) is 5.82 Å². The first-order chi connectivity index (χ1) is 9.29. The first kappa shape index (κ1) is 10.9. The van der Waals surface area contributed by atoms with Crippen molar-refractivity contribution in [3.8, 4) is 11.3 Å². The van der Waals surface area contributed by atoms with Crippen LogP contribution in [0.4, 0.5) is 4.39 Å². The van der Waals surface area contributed by atoms with Crippen LogP contribution in [-0.2, 0) is 12.8 Å². The van der Waals surface area contributed by atoms with E-state index in [4.69, 9.17) is 0 Å². The van der Waals surface area contributed by atoms with Gasteiger partial charge in [-0.25, -0.2) is 14.4 Å². The second-order valence-corrected chi connectivity index (χ2v) is 5.76. The van der Waals surface area contributed by atoms with Gasteiger partial charge < -0.3 is 4.98 Å². The van der Waals surface area contributed by atoms with Gasteiger partial charge in [0.15, 0.2) is 0 Å². The molecule has 0 amide bonds. The van der Waals surface area contributed by atoms with E-state index in [0.29, 0.717) is 0 Å². The van der Waals surface area contributed by atoms with E-state index in [1.807, 2.05) is 12.3 Å². The van der Waals surface area contributed by atoms with E-state index >= 15 is 0 Å². The molecule has 3 aromatic rings. The Morgan fingerprint density at radius 2 is 2.32 bits per heavy atom. The molecule has 0 aliphatic heterocycles. The summed E-state index contributed by atoms with van der Waals surface area (Å²) in [5.74, 6) is -0.201. The van der Waals surface area contributed by atoms with Crippen LogP contribution in [-0.4, -0.2) is 15.0 Å². The summed E-state index contributed by atoms with van der Waals surface area (Å²) >= 11 is 1.70. The van der Waals surface area contributed by atoms with Gasteiger partial charge in [-0.15, -0.1) is 11.3 Å². The molecule has 5 heteroatoms. The van der Waals surface area contributed by atoms with E-state index in [0.717, 1.165) is 34.8 Å². The van der Waals surface area contributed by atoms with Gasteiger partial charge >= 0.3 is 0 Å². The van der Waals surface area contributed by atoms with Crippen molar-refractivity contribution < 1.29 is 4.39 Å². The summed E-state index contributed by atoms with van der Waals surface area (Å²) in [4.78, 5) is 13.0. The summed E-state index contributed by atoms with van der Waals surface area (Å²) in [7, 11) is 0. The first-order valence-corrected chi connectivity index (χ1v) is 6.86. The number of fused-ring (bicyclic) bond motifs is 3. The quantitative estimate of drug-likeness (QED) is 0.608. The lowest BCUT2D eigenvalue weighted by Crippen LogP contribution is -1.88. The number of rotatable bonds is 2. The summed E-state index contributed by atoms with van der Waals surface area (Å²) in [5.41, 5.74) is 4.04. The molecule has 1 aliphatic carbocycles. The number of aromatic nitrogens is 3. The fraction of sp³-hybridized carbons (Fsp3) is 0.143. The lowest BCUT2D eigenvalue weighted by Gasteiger charge is -1.99. The highest BCUT2D eigenvalue weighted by Gasteiger charge is 2.23. The maximum atomic E-state index is 13.3. The number of imidazole rings is 1. The van der Waals surface area contributed by atoms with Gasteiger partial charge in [-0.2, -0.15) is 0 Å². The smallest absolute Gasteiger partial charge is 0.123 e. The molecule has 0 atom stereocenters. The molecule has 0 bridgehead atoms. The molecular formula is C14H10FN3S. The lowest BCUT2D eigenvalue weighted by molar-refractivity contribution is 0.628. The Bertz CT molecular complexity index is 746. The van der Waals surface area contributed by atoms with E-state index in [1.165, 1.54) is 16.5 Å². The highest BCUT2D eigenvalue weighted by atomic mass is 32.1. The molecule has 0 saturated carbocycles. The van der Waals surface area contributed by atoms with Crippen LogP contribution < -0.4 is 0 Å². The molecular weight excluding hydrogens is 261 g/mol. The minimum atomic E-state index is -0.201. The molecule has 4 rings (SSSR count). The van der Waals surface area contributed by atoms with Crippen molar-refractivity contribution in [2.45, 2.75) is 12.8 Å². The Kier molecular flexibility index (Phi) is 2.29. The molecule has 0 fully saturated rings. The van der Waals surface area contributed by atoms with Crippen molar-refractivity contribution in [2.24, 2.45) is 0 Å². The molecule has 94 valence electrons. The van der Waals surface area contributed by atoms with Crippen LogP contribution in [0, 0.1) is 5.82 Å². The second kappa shape index (κ2) is 3.99. The highest BCUT2D eigenvalue weighted by molar-refractivity contribution is 7.12. The van der Waals surface area contributed by atoms with Crippen molar-refractivity contribution in [1.29, 1.82) is 0 Å². The number of nitrogens with one attached hydrogen (secondary N) is 1. The predicted molar refractivity (Wildman–Crippen MR) is 71.7 cm³/mol. The van der Waals surface area contributed by atoms with E-state index in [9.17, 15) is 4.39 Å². The van der Waals surface area contributed by atoms with E-state index < -0.39 is 0 Å². The average Bonchev–Trinajstić information content (AvgIpc) is 3.06. The lowest BCUT2D eigenvalue weighted by atomic mass is 10.1. The molecule has 0 saturated heterocycles.